The molecule has 33 heavy (non-hydrogen) atoms. The van der Waals surface area contributed by atoms with E-state index in [1.54, 1.807) is 0 Å². The van der Waals surface area contributed by atoms with E-state index in [4.69, 9.17) is 9.47 Å². The fourth-order valence-electron chi connectivity index (χ4n) is 4.67. The highest BCUT2D eigenvalue weighted by molar-refractivity contribution is 5.71. The first-order valence-corrected chi connectivity index (χ1v) is 12.8. The van der Waals surface area contributed by atoms with Crippen molar-refractivity contribution in [2.24, 2.45) is 0 Å². The smallest absolute Gasteiger partial charge is 0.307 e. The number of ether oxygens (including phenoxy) is 2. The Morgan fingerprint density at radius 1 is 1.09 bits per heavy atom. The number of imidazole rings is 1. The molecule has 1 aromatic heterocycles. The zero-order chi connectivity index (χ0) is 23.3. The first-order valence-electron chi connectivity index (χ1n) is 12.8. The van der Waals surface area contributed by atoms with E-state index in [0.717, 1.165) is 38.3 Å². The third-order valence-electron chi connectivity index (χ3n) is 6.42. The number of fused-ring (bicyclic) bond motifs is 1. The molecular formula is C27H41N3O3. The molecule has 0 spiro atoms. The Bertz CT molecular complexity index is 822. The lowest BCUT2D eigenvalue weighted by atomic mass is 9.97. The fraction of sp³-hybridized carbons (Fsp3) is 0.630. The Hall–Kier alpha value is -2.50. The Morgan fingerprint density at radius 3 is 2.67 bits per heavy atom. The molecule has 1 aliphatic rings. The van der Waals surface area contributed by atoms with E-state index < -0.39 is 0 Å². The lowest BCUT2D eigenvalue weighted by molar-refractivity contribution is -0.142. The van der Waals surface area contributed by atoms with Crippen LogP contribution in [0.5, 0.6) is 5.75 Å². The van der Waals surface area contributed by atoms with E-state index >= 15 is 0 Å². The van der Waals surface area contributed by atoms with Crippen molar-refractivity contribution in [2.75, 3.05) is 31.2 Å². The highest BCUT2D eigenvalue weighted by atomic mass is 16.5. The van der Waals surface area contributed by atoms with E-state index in [9.17, 15) is 4.79 Å². The lowest BCUT2D eigenvalue weighted by Crippen LogP contribution is -2.25. The van der Waals surface area contributed by atoms with Crippen LogP contribution in [0.15, 0.2) is 36.9 Å². The zero-order valence-electron chi connectivity index (χ0n) is 20.5. The Balaban J connectivity index is 1.60. The summed E-state index contributed by atoms with van der Waals surface area (Å²) in [4.78, 5) is 18.4. The molecular weight excluding hydrogens is 414 g/mol. The van der Waals surface area contributed by atoms with Gasteiger partial charge >= 0.3 is 5.97 Å². The number of hydrogen-bond donors (Lipinski definition) is 0. The number of aromatic nitrogens is 2. The van der Waals surface area contributed by atoms with Crippen LogP contribution in [0.2, 0.25) is 0 Å². The summed E-state index contributed by atoms with van der Waals surface area (Å²) in [6.45, 7) is 7.80. The zero-order valence-corrected chi connectivity index (χ0v) is 20.5. The van der Waals surface area contributed by atoms with Crippen LogP contribution >= 0.6 is 0 Å². The van der Waals surface area contributed by atoms with Crippen LogP contribution in [0.3, 0.4) is 0 Å². The van der Waals surface area contributed by atoms with Gasteiger partial charge in [-0.25, -0.2) is 4.98 Å². The van der Waals surface area contributed by atoms with Gasteiger partial charge in [0.25, 0.3) is 0 Å². The minimum atomic E-state index is -0.132. The van der Waals surface area contributed by atoms with Gasteiger partial charge in [-0.2, -0.15) is 0 Å². The third-order valence-corrected chi connectivity index (χ3v) is 6.42. The molecule has 0 N–H and O–H groups in total. The van der Waals surface area contributed by atoms with E-state index in [2.05, 4.69) is 39.6 Å². The number of aryl methyl sites for hydroxylation is 1. The van der Waals surface area contributed by atoms with Crippen LogP contribution in [0.1, 0.15) is 83.1 Å². The normalized spacial score (nSPS) is 15.0. The van der Waals surface area contributed by atoms with Gasteiger partial charge in [-0.15, -0.1) is 0 Å². The highest BCUT2D eigenvalue weighted by Gasteiger charge is 2.31. The molecule has 2 aromatic rings. The van der Waals surface area contributed by atoms with Gasteiger partial charge in [-0.05, 0) is 31.9 Å². The van der Waals surface area contributed by atoms with Crippen molar-refractivity contribution in [3.63, 3.8) is 0 Å². The monoisotopic (exact) mass is 455 g/mol. The molecule has 1 unspecified atom stereocenters. The van der Waals surface area contributed by atoms with Gasteiger partial charge in [0, 0.05) is 49.2 Å². The van der Waals surface area contributed by atoms with E-state index in [-0.39, 0.29) is 5.97 Å². The second-order valence-electron chi connectivity index (χ2n) is 8.95. The predicted octanol–water partition coefficient (Wildman–Crippen LogP) is 5.96. The summed E-state index contributed by atoms with van der Waals surface area (Å²) in [5.74, 6) is 1.25. The average molecular weight is 456 g/mol. The highest BCUT2D eigenvalue weighted by Crippen LogP contribution is 2.44. The first kappa shape index (κ1) is 25.1. The van der Waals surface area contributed by atoms with E-state index in [1.165, 1.54) is 49.8 Å². The topological polar surface area (TPSA) is 56.6 Å². The minimum Gasteiger partial charge on any atom is -0.493 e. The Morgan fingerprint density at radius 2 is 1.91 bits per heavy atom. The molecule has 0 saturated heterocycles. The van der Waals surface area contributed by atoms with Crippen molar-refractivity contribution >= 4 is 11.7 Å². The molecule has 0 radical (unpaired) electrons. The van der Waals surface area contributed by atoms with Crippen LogP contribution in [-0.2, 0) is 16.1 Å². The number of esters is 1. The molecule has 2 heterocycles. The van der Waals surface area contributed by atoms with Gasteiger partial charge < -0.3 is 18.9 Å². The van der Waals surface area contributed by atoms with Crippen molar-refractivity contribution in [1.29, 1.82) is 0 Å². The van der Waals surface area contributed by atoms with Crippen molar-refractivity contribution in [3.05, 3.63) is 42.5 Å². The molecule has 1 atom stereocenters. The Kier molecular flexibility index (Phi) is 10.6. The third kappa shape index (κ3) is 7.79. The van der Waals surface area contributed by atoms with Crippen LogP contribution in [0.25, 0.3) is 0 Å². The Labute approximate surface area is 199 Å². The second-order valence-corrected chi connectivity index (χ2v) is 8.95. The second kappa shape index (κ2) is 13.9. The van der Waals surface area contributed by atoms with Gasteiger partial charge in [-0.3, -0.25) is 4.79 Å². The van der Waals surface area contributed by atoms with Crippen LogP contribution in [-0.4, -0.2) is 41.8 Å². The van der Waals surface area contributed by atoms with Gasteiger partial charge in [0.2, 0.25) is 0 Å². The molecule has 182 valence electrons. The first-order chi connectivity index (χ1) is 16.2. The molecule has 1 aliphatic heterocycles. The number of carbonyl (C=O) groups excluding carboxylic acids is 1. The van der Waals surface area contributed by atoms with Crippen LogP contribution in [0, 0.1) is 0 Å². The number of benzene rings is 1. The largest absolute Gasteiger partial charge is 0.493 e. The predicted molar refractivity (Wildman–Crippen MR) is 133 cm³/mol. The number of carbonyl (C=O) groups is 1. The standard InChI is InChI=1S/C27H41N3O3/c1-3-5-6-7-8-9-10-20-33-25-13-11-12-24-27(25)23(14-17-29-19-16-28-22-29)21-30(24)18-15-26(31)32-4-2/h11-13,16,19,22-23H,3-10,14-15,17-18,20-21H2,1-2H3. The fourth-order valence-corrected chi connectivity index (χ4v) is 4.67. The summed E-state index contributed by atoms with van der Waals surface area (Å²) in [7, 11) is 0. The summed E-state index contributed by atoms with van der Waals surface area (Å²) < 4.78 is 13.6. The molecule has 0 fully saturated rings. The summed E-state index contributed by atoms with van der Waals surface area (Å²) in [6, 6.07) is 6.35. The maximum atomic E-state index is 11.9. The number of rotatable bonds is 16. The van der Waals surface area contributed by atoms with Crippen molar-refractivity contribution in [1.82, 2.24) is 9.55 Å². The molecule has 6 nitrogen and oxygen atoms in total. The minimum absolute atomic E-state index is 0.132. The molecule has 0 bridgehead atoms. The summed E-state index contributed by atoms with van der Waals surface area (Å²) in [6.07, 6.45) is 16.1. The number of unbranched alkanes of at least 4 members (excludes halogenated alkanes) is 6. The van der Waals surface area contributed by atoms with Gasteiger partial charge in [0.15, 0.2) is 0 Å². The lowest BCUT2D eigenvalue weighted by Gasteiger charge is -2.19. The molecule has 6 heteroatoms. The molecule has 0 aliphatic carbocycles. The van der Waals surface area contributed by atoms with Crippen LogP contribution in [0.4, 0.5) is 5.69 Å². The molecule has 0 saturated carbocycles. The van der Waals surface area contributed by atoms with Gasteiger partial charge in [-0.1, -0.05) is 51.5 Å². The molecule has 3 rings (SSSR count). The number of anilines is 1. The van der Waals surface area contributed by atoms with Crippen molar-refractivity contribution in [3.8, 4) is 5.75 Å². The van der Waals surface area contributed by atoms with E-state index in [1.807, 2.05) is 25.6 Å². The SMILES string of the molecule is CCCCCCCCCOc1cccc2c1C(CCn1ccnc1)CN2CCC(=O)OCC. The average Bonchev–Trinajstić information content (AvgIpc) is 3.46. The quantitative estimate of drug-likeness (QED) is 0.231. The maximum absolute atomic E-state index is 11.9. The van der Waals surface area contributed by atoms with Gasteiger partial charge in [0.05, 0.1) is 26.0 Å². The van der Waals surface area contributed by atoms with Crippen LogP contribution < -0.4 is 9.64 Å². The number of nitrogens with zero attached hydrogens (tertiary/aromatic N) is 3. The summed E-state index contributed by atoms with van der Waals surface area (Å²) in [5.41, 5.74) is 2.50. The van der Waals surface area contributed by atoms with Crippen molar-refractivity contribution < 1.29 is 14.3 Å². The number of hydrogen-bond acceptors (Lipinski definition) is 5. The summed E-state index contributed by atoms with van der Waals surface area (Å²) >= 11 is 0. The van der Waals surface area contributed by atoms with Crippen molar-refractivity contribution in [2.45, 2.75) is 84.1 Å². The van der Waals surface area contributed by atoms with Gasteiger partial charge in [0.1, 0.15) is 5.75 Å². The molecule has 1 aromatic carbocycles. The summed E-state index contributed by atoms with van der Waals surface area (Å²) in [5, 5.41) is 0. The maximum Gasteiger partial charge on any atom is 0.307 e. The van der Waals surface area contributed by atoms with E-state index in [0.29, 0.717) is 25.5 Å². The molecule has 0 amide bonds.